The number of nitrogens with zero attached hydrogens (tertiary/aromatic N) is 1. The minimum atomic E-state index is 0.358. The predicted octanol–water partition coefficient (Wildman–Crippen LogP) is 2.19. The van der Waals surface area contributed by atoms with Crippen LogP contribution in [-0.4, -0.2) is 22.9 Å². The zero-order chi connectivity index (χ0) is 9.14. The Hall–Kier alpha value is -0.530. The summed E-state index contributed by atoms with van der Waals surface area (Å²) >= 11 is 0. The van der Waals surface area contributed by atoms with Gasteiger partial charge in [0.25, 0.3) is 0 Å². The van der Waals surface area contributed by atoms with E-state index in [2.05, 4.69) is 25.7 Å². The molecular weight excluding hydrogens is 150 g/mol. The van der Waals surface area contributed by atoms with Crippen molar-refractivity contribution in [3.05, 3.63) is 0 Å². The molecule has 2 nitrogen and oxygen atoms in total. The Balaban J connectivity index is 2.63. The Labute approximate surface area is 74.9 Å². The lowest BCUT2D eigenvalue weighted by molar-refractivity contribution is -0.131. The summed E-state index contributed by atoms with van der Waals surface area (Å²) in [5.41, 5.74) is 0. The largest absolute Gasteiger partial charge is 0.337 e. The summed E-state index contributed by atoms with van der Waals surface area (Å²) < 4.78 is 0. The number of rotatable bonds is 3. The SMILES string of the molecule is CCC(CC)N1C(=O)CC[C@H]1C. The number of amides is 1. The number of hydrogen-bond acceptors (Lipinski definition) is 1. The molecule has 1 heterocycles. The highest BCUT2D eigenvalue weighted by molar-refractivity contribution is 5.79. The third kappa shape index (κ3) is 1.62. The molecule has 1 aliphatic rings. The van der Waals surface area contributed by atoms with E-state index in [0.717, 1.165) is 25.7 Å². The topological polar surface area (TPSA) is 20.3 Å². The minimum Gasteiger partial charge on any atom is -0.337 e. The van der Waals surface area contributed by atoms with Crippen molar-refractivity contribution in [1.82, 2.24) is 4.90 Å². The average Bonchev–Trinajstić information content (AvgIpc) is 2.38. The molecule has 1 amide bonds. The molecule has 0 aromatic rings. The van der Waals surface area contributed by atoms with Crippen molar-refractivity contribution in [3.8, 4) is 0 Å². The van der Waals surface area contributed by atoms with Crippen LogP contribution in [0, 0.1) is 0 Å². The van der Waals surface area contributed by atoms with Crippen LogP contribution in [0.1, 0.15) is 46.5 Å². The Kier molecular flexibility index (Phi) is 3.12. The van der Waals surface area contributed by atoms with Crippen molar-refractivity contribution in [2.24, 2.45) is 0 Å². The lowest BCUT2D eigenvalue weighted by Gasteiger charge is -2.30. The van der Waals surface area contributed by atoms with Gasteiger partial charge in [-0.3, -0.25) is 4.79 Å². The lowest BCUT2D eigenvalue weighted by Crippen LogP contribution is -2.39. The van der Waals surface area contributed by atoms with Crippen LogP contribution in [0.15, 0.2) is 0 Å². The molecule has 12 heavy (non-hydrogen) atoms. The maximum absolute atomic E-state index is 11.5. The van der Waals surface area contributed by atoms with Crippen LogP contribution >= 0.6 is 0 Å². The van der Waals surface area contributed by atoms with Gasteiger partial charge >= 0.3 is 0 Å². The summed E-state index contributed by atoms with van der Waals surface area (Å²) in [4.78, 5) is 13.6. The van der Waals surface area contributed by atoms with E-state index in [1.807, 2.05) is 0 Å². The fraction of sp³-hybridized carbons (Fsp3) is 0.900. The molecule has 0 unspecified atom stereocenters. The van der Waals surface area contributed by atoms with Gasteiger partial charge in [0.1, 0.15) is 0 Å². The van der Waals surface area contributed by atoms with Crippen LogP contribution in [0.3, 0.4) is 0 Å². The van der Waals surface area contributed by atoms with Crippen molar-refractivity contribution in [2.45, 2.75) is 58.5 Å². The predicted molar refractivity (Wildman–Crippen MR) is 49.9 cm³/mol. The fourth-order valence-electron chi connectivity index (χ4n) is 2.09. The Morgan fingerprint density at radius 2 is 2.08 bits per heavy atom. The molecule has 1 aliphatic heterocycles. The summed E-state index contributed by atoms with van der Waals surface area (Å²) in [7, 11) is 0. The van der Waals surface area contributed by atoms with Crippen molar-refractivity contribution in [1.29, 1.82) is 0 Å². The van der Waals surface area contributed by atoms with Crippen LogP contribution in [0.4, 0.5) is 0 Å². The van der Waals surface area contributed by atoms with Crippen molar-refractivity contribution < 1.29 is 4.79 Å². The number of hydrogen-bond donors (Lipinski definition) is 0. The first-order valence-corrected chi connectivity index (χ1v) is 5.01. The molecule has 0 N–H and O–H groups in total. The third-order valence-electron chi connectivity index (χ3n) is 2.87. The molecule has 2 heteroatoms. The first kappa shape index (κ1) is 9.56. The van der Waals surface area contributed by atoms with Crippen molar-refractivity contribution in [2.75, 3.05) is 0 Å². The molecular formula is C10H19NO. The maximum atomic E-state index is 11.5. The van der Waals surface area contributed by atoms with E-state index in [1.165, 1.54) is 0 Å². The highest BCUT2D eigenvalue weighted by atomic mass is 16.2. The molecule has 0 spiro atoms. The quantitative estimate of drug-likeness (QED) is 0.634. The molecule has 0 bridgehead atoms. The highest BCUT2D eigenvalue weighted by Gasteiger charge is 2.31. The molecule has 0 aromatic heterocycles. The van der Waals surface area contributed by atoms with Gasteiger partial charge in [0, 0.05) is 18.5 Å². The standard InChI is InChI=1S/C10H19NO/c1-4-9(5-2)11-8(3)6-7-10(11)12/h8-9H,4-7H2,1-3H3/t8-/m1/s1. The van der Waals surface area contributed by atoms with Crippen LogP contribution in [-0.2, 0) is 4.79 Å². The van der Waals surface area contributed by atoms with Crippen LogP contribution in [0.5, 0.6) is 0 Å². The fourth-order valence-corrected chi connectivity index (χ4v) is 2.09. The maximum Gasteiger partial charge on any atom is 0.223 e. The van der Waals surface area contributed by atoms with Gasteiger partial charge in [-0.25, -0.2) is 0 Å². The molecule has 0 aromatic carbocycles. The molecule has 1 fully saturated rings. The molecule has 0 aliphatic carbocycles. The summed E-state index contributed by atoms with van der Waals surface area (Å²) in [6.07, 6.45) is 3.99. The first-order valence-electron chi connectivity index (χ1n) is 5.01. The van der Waals surface area contributed by atoms with Gasteiger partial charge < -0.3 is 4.90 Å². The van der Waals surface area contributed by atoms with Crippen LogP contribution < -0.4 is 0 Å². The summed E-state index contributed by atoms with van der Waals surface area (Å²) in [5, 5.41) is 0. The average molecular weight is 169 g/mol. The van der Waals surface area contributed by atoms with Gasteiger partial charge in [-0.05, 0) is 26.2 Å². The number of carbonyl (C=O) groups excluding carboxylic acids is 1. The second-order valence-corrected chi connectivity index (χ2v) is 3.66. The van der Waals surface area contributed by atoms with E-state index in [0.29, 0.717) is 18.0 Å². The highest BCUT2D eigenvalue weighted by Crippen LogP contribution is 2.23. The summed E-state index contributed by atoms with van der Waals surface area (Å²) in [6.45, 7) is 6.47. The Morgan fingerprint density at radius 3 is 2.42 bits per heavy atom. The lowest BCUT2D eigenvalue weighted by atomic mass is 10.1. The molecule has 0 radical (unpaired) electrons. The van der Waals surface area contributed by atoms with Crippen molar-refractivity contribution >= 4 is 5.91 Å². The third-order valence-corrected chi connectivity index (χ3v) is 2.87. The van der Waals surface area contributed by atoms with E-state index in [-0.39, 0.29) is 0 Å². The molecule has 70 valence electrons. The van der Waals surface area contributed by atoms with Crippen LogP contribution in [0.25, 0.3) is 0 Å². The smallest absolute Gasteiger partial charge is 0.223 e. The first-order chi connectivity index (χ1) is 5.70. The minimum absolute atomic E-state index is 0.358. The van der Waals surface area contributed by atoms with E-state index < -0.39 is 0 Å². The van der Waals surface area contributed by atoms with Gasteiger partial charge in [0.2, 0.25) is 5.91 Å². The summed E-state index contributed by atoms with van der Waals surface area (Å²) in [5.74, 6) is 0.358. The van der Waals surface area contributed by atoms with Crippen molar-refractivity contribution in [3.63, 3.8) is 0 Å². The zero-order valence-corrected chi connectivity index (χ0v) is 8.34. The second kappa shape index (κ2) is 3.92. The normalized spacial score (nSPS) is 24.2. The zero-order valence-electron chi connectivity index (χ0n) is 8.34. The van der Waals surface area contributed by atoms with E-state index >= 15 is 0 Å². The second-order valence-electron chi connectivity index (χ2n) is 3.66. The monoisotopic (exact) mass is 169 g/mol. The summed E-state index contributed by atoms with van der Waals surface area (Å²) in [6, 6.07) is 0.956. The molecule has 1 saturated heterocycles. The molecule has 1 atom stereocenters. The van der Waals surface area contributed by atoms with Gasteiger partial charge in [0.05, 0.1) is 0 Å². The van der Waals surface area contributed by atoms with Gasteiger partial charge in [-0.15, -0.1) is 0 Å². The Bertz CT molecular complexity index is 163. The van der Waals surface area contributed by atoms with Gasteiger partial charge in [-0.2, -0.15) is 0 Å². The Morgan fingerprint density at radius 1 is 1.50 bits per heavy atom. The van der Waals surface area contributed by atoms with E-state index in [1.54, 1.807) is 0 Å². The van der Waals surface area contributed by atoms with E-state index in [9.17, 15) is 4.79 Å². The van der Waals surface area contributed by atoms with E-state index in [4.69, 9.17) is 0 Å². The number of likely N-dealkylation sites (tertiary alicyclic amines) is 1. The molecule has 1 rings (SSSR count). The van der Waals surface area contributed by atoms with Crippen LogP contribution in [0.2, 0.25) is 0 Å². The number of carbonyl (C=O) groups is 1. The van der Waals surface area contributed by atoms with Gasteiger partial charge in [-0.1, -0.05) is 13.8 Å². The van der Waals surface area contributed by atoms with Gasteiger partial charge in [0.15, 0.2) is 0 Å². The molecule has 0 saturated carbocycles.